The highest BCUT2D eigenvalue weighted by Crippen LogP contribution is 2.30. The van der Waals surface area contributed by atoms with Crippen molar-refractivity contribution in [2.45, 2.75) is 25.9 Å². The summed E-state index contributed by atoms with van der Waals surface area (Å²) in [5, 5.41) is 3.52. The number of pyridine rings is 1. The van der Waals surface area contributed by atoms with Crippen molar-refractivity contribution in [1.82, 2.24) is 19.5 Å². The second-order valence-corrected chi connectivity index (χ2v) is 6.09. The predicted molar refractivity (Wildman–Crippen MR) is 107 cm³/mol. The third-order valence-electron chi connectivity index (χ3n) is 3.78. The van der Waals surface area contributed by atoms with Crippen LogP contribution in [0.25, 0.3) is 11.0 Å². The largest absolute Gasteiger partial charge is 0.365 e. The normalized spacial score (nSPS) is 11.6. The Labute approximate surface area is 168 Å². The molecule has 0 saturated heterocycles. The zero-order chi connectivity index (χ0) is 17.3. The number of halogens is 4. The third-order valence-corrected chi connectivity index (χ3v) is 3.95. The summed E-state index contributed by atoms with van der Waals surface area (Å²) in [6.45, 7) is 2.31. The molecule has 0 bridgehead atoms. The maximum Gasteiger partial charge on any atom is 0.226 e. The molecule has 3 N–H and O–H groups in total. The zero-order valence-corrected chi connectivity index (χ0v) is 16.6. The number of nitrogens with two attached hydrogens (primary N) is 1. The monoisotopic (exact) mass is 420 g/mol. The molecule has 142 valence electrons. The number of aryl methyl sites for hydroxylation is 1. The van der Waals surface area contributed by atoms with E-state index in [-0.39, 0.29) is 42.0 Å². The Kier molecular flexibility index (Phi) is 8.02. The molecule has 1 atom stereocenters. The van der Waals surface area contributed by atoms with Gasteiger partial charge in [0.1, 0.15) is 11.5 Å². The molecule has 0 aromatic carbocycles. The number of rotatable bonds is 5. The number of nitrogens with one attached hydrogen (secondary N) is 1. The lowest BCUT2D eigenvalue weighted by atomic mass is 10.2. The Morgan fingerprint density at radius 3 is 2.54 bits per heavy atom. The van der Waals surface area contributed by atoms with E-state index in [9.17, 15) is 4.39 Å². The van der Waals surface area contributed by atoms with E-state index >= 15 is 0 Å². The first kappa shape index (κ1) is 22.4. The van der Waals surface area contributed by atoms with Gasteiger partial charge in [-0.25, -0.2) is 4.39 Å². The maximum atomic E-state index is 14.9. The number of fused-ring (bicyclic) bond motifs is 1. The van der Waals surface area contributed by atoms with Gasteiger partial charge in [0.25, 0.3) is 0 Å². The molecular formula is C16H20Cl3FN6. The first-order valence-electron chi connectivity index (χ1n) is 7.56. The first-order valence-corrected chi connectivity index (χ1v) is 7.93. The van der Waals surface area contributed by atoms with Gasteiger partial charge in [0, 0.05) is 38.4 Å². The molecule has 0 aliphatic rings. The molecule has 10 heteroatoms. The highest BCUT2D eigenvalue weighted by molar-refractivity contribution is 6.28. The fourth-order valence-corrected chi connectivity index (χ4v) is 2.80. The van der Waals surface area contributed by atoms with Gasteiger partial charge >= 0.3 is 0 Å². The molecule has 0 fully saturated rings. The van der Waals surface area contributed by atoms with E-state index in [1.54, 1.807) is 24.0 Å². The molecular weight excluding hydrogens is 402 g/mol. The van der Waals surface area contributed by atoms with Crippen molar-refractivity contribution in [3.63, 3.8) is 0 Å². The number of hydrogen-bond donors (Lipinski definition) is 2. The molecule has 6 nitrogen and oxygen atoms in total. The van der Waals surface area contributed by atoms with Gasteiger partial charge in [0.2, 0.25) is 5.28 Å². The second-order valence-electron chi connectivity index (χ2n) is 5.75. The van der Waals surface area contributed by atoms with Crippen molar-refractivity contribution in [2.24, 2.45) is 12.8 Å². The fourth-order valence-electron chi connectivity index (χ4n) is 2.63. The van der Waals surface area contributed by atoms with Gasteiger partial charge in [0.15, 0.2) is 5.82 Å². The minimum Gasteiger partial charge on any atom is -0.365 e. The average molecular weight is 422 g/mol. The van der Waals surface area contributed by atoms with Crippen LogP contribution in [0.4, 0.5) is 10.2 Å². The van der Waals surface area contributed by atoms with E-state index in [1.807, 2.05) is 19.1 Å². The highest BCUT2D eigenvalue weighted by Gasteiger charge is 2.21. The zero-order valence-electron chi connectivity index (χ0n) is 14.2. The van der Waals surface area contributed by atoms with E-state index in [0.29, 0.717) is 35.5 Å². The summed E-state index contributed by atoms with van der Waals surface area (Å²) < 4.78 is 16.6. The maximum absolute atomic E-state index is 14.9. The molecule has 0 spiro atoms. The molecule has 3 aromatic rings. The third kappa shape index (κ3) is 4.54. The van der Waals surface area contributed by atoms with Crippen molar-refractivity contribution in [2.75, 3.05) is 5.32 Å². The smallest absolute Gasteiger partial charge is 0.226 e. The number of aromatic nitrogens is 4. The quantitative estimate of drug-likeness (QED) is 0.616. The van der Waals surface area contributed by atoms with Crippen LogP contribution in [0.15, 0.2) is 24.5 Å². The highest BCUT2D eigenvalue weighted by atomic mass is 35.5. The molecule has 0 amide bonds. The van der Waals surface area contributed by atoms with E-state index in [0.717, 1.165) is 5.56 Å². The van der Waals surface area contributed by atoms with E-state index < -0.39 is 0 Å². The van der Waals surface area contributed by atoms with Gasteiger partial charge in [-0.05, 0) is 36.2 Å². The molecule has 26 heavy (non-hydrogen) atoms. The summed E-state index contributed by atoms with van der Waals surface area (Å²) in [5.41, 5.74) is 7.76. The first-order chi connectivity index (χ1) is 11.5. The van der Waals surface area contributed by atoms with Crippen LogP contribution in [0, 0.1) is 5.82 Å². The average Bonchev–Trinajstić information content (AvgIpc) is 2.78. The van der Waals surface area contributed by atoms with Crippen molar-refractivity contribution < 1.29 is 4.39 Å². The second kappa shape index (κ2) is 9.32. The van der Waals surface area contributed by atoms with Crippen LogP contribution in [0.5, 0.6) is 0 Å². The lowest BCUT2D eigenvalue weighted by Gasteiger charge is -2.07. The molecule has 3 rings (SSSR count). The van der Waals surface area contributed by atoms with Gasteiger partial charge < -0.3 is 15.6 Å². The molecule has 0 aliphatic carbocycles. The van der Waals surface area contributed by atoms with E-state index in [2.05, 4.69) is 20.3 Å². The predicted octanol–water partition coefficient (Wildman–Crippen LogP) is 3.50. The standard InChI is InChI=1S/C16H18ClFN6.2ClH/c1-9(19)7-11-13(18)12-14(21-8-10-3-5-20-6-4-10)22-16(17)23-15(12)24(11)2;;/h3-6,9H,7-8,19H2,1-2H3,(H,21,22,23);2*1H. The van der Waals surface area contributed by atoms with Crippen LogP contribution >= 0.6 is 36.4 Å². The van der Waals surface area contributed by atoms with Crippen molar-refractivity contribution in [3.8, 4) is 0 Å². The fraction of sp³-hybridized carbons (Fsp3) is 0.312. The number of nitrogens with zero attached hydrogens (tertiary/aromatic N) is 4. The SMILES string of the molecule is CC(N)Cc1c(F)c2c(NCc3ccncc3)nc(Cl)nc2n1C.Cl.Cl. The Hall–Kier alpha value is -1.67. The topological polar surface area (TPSA) is 81.7 Å². The van der Waals surface area contributed by atoms with Crippen LogP contribution in [0.2, 0.25) is 5.28 Å². The summed E-state index contributed by atoms with van der Waals surface area (Å²) in [4.78, 5) is 12.3. The summed E-state index contributed by atoms with van der Waals surface area (Å²) in [6, 6.07) is 3.57. The molecule has 3 heterocycles. The van der Waals surface area contributed by atoms with Gasteiger partial charge in [-0.3, -0.25) is 4.98 Å². The Morgan fingerprint density at radius 2 is 1.92 bits per heavy atom. The summed E-state index contributed by atoms with van der Waals surface area (Å²) in [7, 11) is 1.75. The molecule has 1 unspecified atom stereocenters. The lowest BCUT2D eigenvalue weighted by molar-refractivity contribution is 0.586. The van der Waals surface area contributed by atoms with Crippen LogP contribution in [-0.2, 0) is 20.0 Å². The van der Waals surface area contributed by atoms with Crippen molar-refractivity contribution in [3.05, 3.63) is 46.9 Å². The molecule has 0 saturated carbocycles. The van der Waals surface area contributed by atoms with E-state index in [4.69, 9.17) is 17.3 Å². The van der Waals surface area contributed by atoms with Gasteiger partial charge in [-0.2, -0.15) is 9.97 Å². The Bertz CT molecular complexity index is 870. The van der Waals surface area contributed by atoms with Crippen LogP contribution in [0.1, 0.15) is 18.2 Å². The van der Waals surface area contributed by atoms with Crippen molar-refractivity contribution >= 4 is 53.3 Å². The minimum atomic E-state index is -0.362. The van der Waals surface area contributed by atoms with Crippen LogP contribution in [0.3, 0.4) is 0 Å². The molecule has 0 aliphatic heterocycles. The number of hydrogen-bond acceptors (Lipinski definition) is 5. The molecule has 3 aromatic heterocycles. The summed E-state index contributed by atoms with van der Waals surface area (Å²) in [5.74, 6) is 0.00420. The lowest BCUT2D eigenvalue weighted by Crippen LogP contribution is -2.20. The van der Waals surface area contributed by atoms with Gasteiger partial charge in [0.05, 0.1) is 11.1 Å². The Morgan fingerprint density at radius 1 is 1.27 bits per heavy atom. The van der Waals surface area contributed by atoms with Crippen LogP contribution in [-0.4, -0.2) is 25.6 Å². The number of anilines is 1. The van der Waals surface area contributed by atoms with Gasteiger partial charge in [-0.1, -0.05) is 0 Å². The van der Waals surface area contributed by atoms with Gasteiger partial charge in [-0.15, -0.1) is 24.8 Å². The van der Waals surface area contributed by atoms with Crippen molar-refractivity contribution in [1.29, 1.82) is 0 Å². The Balaban J connectivity index is 0.00000169. The minimum absolute atomic E-state index is 0. The summed E-state index contributed by atoms with van der Waals surface area (Å²) >= 11 is 6.01. The molecule has 0 radical (unpaired) electrons. The van der Waals surface area contributed by atoms with E-state index in [1.165, 1.54) is 0 Å². The summed E-state index contributed by atoms with van der Waals surface area (Å²) in [6.07, 6.45) is 3.80. The van der Waals surface area contributed by atoms with Crippen LogP contribution < -0.4 is 11.1 Å².